The van der Waals surface area contributed by atoms with E-state index < -0.39 is 5.82 Å². The van der Waals surface area contributed by atoms with E-state index in [1.54, 1.807) is 13.0 Å². The van der Waals surface area contributed by atoms with Crippen LogP contribution < -0.4 is 0 Å². The Bertz CT molecular complexity index is 578. The highest BCUT2D eigenvalue weighted by Gasteiger charge is 2.14. The van der Waals surface area contributed by atoms with Crippen LogP contribution in [0.4, 0.5) is 4.39 Å². The summed E-state index contributed by atoms with van der Waals surface area (Å²) < 4.78 is 18.5. The van der Waals surface area contributed by atoms with Crippen LogP contribution in [-0.2, 0) is 17.6 Å². The van der Waals surface area contributed by atoms with Crippen molar-refractivity contribution in [2.24, 2.45) is 0 Å². The first-order valence-electron chi connectivity index (χ1n) is 5.86. The SMILES string of the molecule is CCC(=O)Cc1nc(Cc2c(F)cccc2Cl)no1. The van der Waals surface area contributed by atoms with Gasteiger partial charge in [0, 0.05) is 23.4 Å². The van der Waals surface area contributed by atoms with Gasteiger partial charge < -0.3 is 4.52 Å². The quantitative estimate of drug-likeness (QED) is 0.846. The highest BCUT2D eigenvalue weighted by molar-refractivity contribution is 6.31. The van der Waals surface area contributed by atoms with Crippen LogP contribution in [-0.4, -0.2) is 15.9 Å². The first-order chi connectivity index (χ1) is 9.10. The molecule has 1 aromatic carbocycles. The van der Waals surface area contributed by atoms with Crippen molar-refractivity contribution in [3.63, 3.8) is 0 Å². The van der Waals surface area contributed by atoms with E-state index in [9.17, 15) is 9.18 Å². The largest absolute Gasteiger partial charge is 0.339 e. The summed E-state index contributed by atoms with van der Waals surface area (Å²) >= 11 is 5.91. The third-order valence-corrected chi connectivity index (χ3v) is 3.00. The van der Waals surface area contributed by atoms with Crippen LogP contribution in [0, 0.1) is 5.82 Å². The molecule has 0 amide bonds. The minimum atomic E-state index is -0.413. The fraction of sp³-hybridized carbons (Fsp3) is 0.308. The van der Waals surface area contributed by atoms with Gasteiger partial charge >= 0.3 is 0 Å². The molecule has 0 fully saturated rings. The summed E-state index contributed by atoms with van der Waals surface area (Å²) in [4.78, 5) is 15.3. The van der Waals surface area contributed by atoms with Gasteiger partial charge in [-0.2, -0.15) is 4.98 Å². The molecule has 0 aliphatic rings. The Balaban J connectivity index is 2.14. The normalized spacial score (nSPS) is 10.7. The molecule has 0 atom stereocenters. The highest BCUT2D eigenvalue weighted by Crippen LogP contribution is 2.21. The summed E-state index contributed by atoms with van der Waals surface area (Å²) in [5.41, 5.74) is 0.318. The Hall–Kier alpha value is -1.75. The Morgan fingerprint density at radius 1 is 1.47 bits per heavy atom. The average Bonchev–Trinajstić information content (AvgIpc) is 2.81. The van der Waals surface area contributed by atoms with E-state index in [0.717, 1.165) is 0 Å². The number of carbonyl (C=O) groups excluding carboxylic acids is 1. The molecule has 0 saturated carbocycles. The lowest BCUT2D eigenvalue weighted by Crippen LogP contribution is -2.01. The number of nitrogens with zero attached hydrogens (tertiary/aromatic N) is 2. The van der Waals surface area contributed by atoms with Gasteiger partial charge in [0.15, 0.2) is 5.82 Å². The minimum absolute atomic E-state index is 0.0131. The number of halogens is 2. The van der Waals surface area contributed by atoms with Crippen molar-refractivity contribution < 1.29 is 13.7 Å². The first-order valence-corrected chi connectivity index (χ1v) is 6.24. The Morgan fingerprint density at radius 3 is 2.95 bits per heavy atom. The van der Waals surface area contributed by atoms with Crippen LogP contribution in [0.15, 0.2) is 22.7 Å². The summed E-state index contributed by atoms with van der Waals surface area (Å²) in [5, 5.41) is 4.03. The molecule has 2 rings (SSSR count). The van der Waals surface area contributed by atoms with Crippen molar-refractivity contribution in [3.8, 4) is 0 Å². The maximum absolute atomic E-state index is 13.6. The second kappa shape index (κ2) is 5.93. The van der Waals surface area contributed by atoms with E-state index >= 15 is 0 Å². The molecule has 0 saturated heterocycles. The Labute approximate surface area is 114 Å². The number of Topliss-reactive ketones (excluding diaryl/α,β-unsaturated/α-hetero) is 1. The molecular formula is C13H12ClFN2O2. The van der Waals surface area contributed by atoms with Crippen molar-refractivity contribution in [3.05, 3.63) is 46.3 Å². The monoisotopic (exact) mass is 282 g/mol. The number of aromatic nitrogens is 2. The molecule has 0 unspecified atom stereocenters. The maximum atomic E-state index is 13.6. The smallest absolute Gasteiger partial charge is 0.234 e. The van der Waals surface area contributed by atoms with Crippen LogP contribution >= 0.6 is 11.6 Å². The van der Waals surface area contributed by atoms with Crippen molar-refractivity contribution in [2.45, 2.75) is 26.2 Å². The zero-order valence-electron chi connectivity index (χ0n) is 10.3. The number of hydrogen-bond donors (Lipinski definition) is 0. The van der Waals surface area contributed by atoms with Gasteiger partial charge in [0.05, 0.1) is 6.42 Å². The van der Waals surface area contributed by atoms with Gasteiger partial charge in [-0.05, 0) is 12.1 Å². The van der Waals surface area contributed by atoms with Gasteiger partial charge in [-0.25, -0.2) is 4.39 Å². The van der Waals surface area contributed by atoms with Crippen molar-refractivity contribution >= 4 is 17.4 Å². The predicted octanol–water partition coefficient (Wildman–Crippen LogP) is 2.97. The van der Waals surface area contributed by atoms with Gasteiger partial charge in [0.25, 0.3) is 0 Å². The second-order valence-corrected chi connectivity index (χ2v) is 4.46. The van der Waals surface area contributed by atoms with Crippen LogP contribution in [0.3, 0.4) is 0 Å². The summed E-state index contributed by atoms with van der Waals surface area (Å²) in [7, 11) is 0. The van der Waals surface area contributed by atoms with Gasteiger partial charge in [0.2, 0.25) is 5.89 Å². The van der Waals surface area contributed by atoms with E-state index in [4.69, 9.17) is 16.1 Å². The van der Waals surface area contributed by atoms with Gasteiger partial charge in [0.1, 0.15) is 11.6 Å². The van der Waals surface area contributed by atoms with Crippen LogP contribution in [0.25, 0.3) is 0 Å². The van der Waals surface area contributed by atoms with E-state index in [0.29, 0.717) is 22.8 Å². The van der Waals surface area contributed by atoms with E-state index in [1.807, 2.05) is 0 Å². The summed E-state index contributed by atoms with van der Waals surface area (Å²) in [6.45, 7) is 1.76. The molecule has 1 heterocycles. The molecule has 1 aromatic heterocycles. The first kappa shape index (κ1) is 13.7. The van der Waals surface area contributed by atoms with Crippen molar-refractivity contribution in [2.75, 3.05) is 0 Å². The second-order valence-electron chi connectivity index (χ2n) is 4.05. The molecule has 0 bridgehead atoms. The van der Waals surface area contributed by atoms with Crippen molar-refractivity contribution in [1.82, 2.24) is 10.1 Å². The third-order valence-electron chi connectivity index (χ3n) is 2.65. The molecule has 2 aromatic rings. The van der Waals surface area contributed by atoms with Gasteiger partial charge in [-0.3, -0.25) is 4.79 Å². The summed E-state index contributed by atoms with van der Waals surface area (Å²) in [6, 6.07) is 4.45. The number of benzene rings is 1. The summed E-state index contributed by atoms with van der Waals surface area (Å²) in [5.74, 6) is 0.155. The molecular weight excluding hydrogens is 271 g/mol. The molecule has 0 aliphatic heterocycles. The zero-order chi connectivity index (χ0) is 13.8. The number of ketones is 1. The number of hydrogen-bond acceptors (Lipinski definition) is 4. The van der Waals surface area contributed by atoms with Crippen molar-refractivity contribution in [1.29, 1.82) is 0 Å². The Kier molecular flexibility index (Phi) is 4.27. The van der Waals surface area contributed by atoms with E-state index in [1.165, 1.54) is 12.1 Å². The van der Waals surface area contributed by atoms with E-state index in [-0.39, 0.29) is 24.5 Å². The van der Waals surface area contributed by atoms with E-state index in [2.05, 4.69) is 10.1 Å². The highest BCUT2D eigenvalue weighted by atomic mass is 35.5. The number of carbonyl (C=O) groups is 1. The molecule has 0 aliphatic carbocycles. The minimum Gasteiger partial charge on any atom is -0.339 e. The van der Waals surface area contributed by atoms with Gasteiger partial charge in [-0.1, -0.05) is 29.7 Å². The summed E-state index contributed by atoms with van der Waals surface area (Å²) in [6.07, 6.45) is 0.653. The zero-order valence-corrected chi connectivity index (χ0v) is 11.1. The van der Waals surface area contributed by atoms with Crippen LogP contribution in [0.1, 0.15) is 30.6 Å². The topological polar surface area (TPSA) is 56.0 Å². The molecule has 0 radical (unpaired) electrons. The Morgan fingerprint density at radius 2 is 2.26 bits per heavy atom. The molecule has 0 N–H and O–H groups in total. The number of rotatable bonds is 5. The van der Waals surface area contributed by atoms with Crippen LogP contribution in [0.2, 0.25) is 5.02 Å². The third kappa shape index (κ3) is 3.38. The van der Waals surface area contributed by atoms with Crippen LogP contribution in [0.5, 0.6) is 0 Å². The molecule has 6 heteroatoms. The molecule has 19 heavy (non-hydrogen) atoms. The lowest BCUT2D eigenvalue weighted by atomic mass is 10.1. The lowest BCUT2D eigenvalue weighted by Gasteiger charge is -2.01. The molecule has 0 spiro atoms. The predicted molar refractivity (Wildman–Crippen MR) is 67.5 cm³/mol. The average molecular weight is 283 g/mol. The van der Waals surface area contributed by atoms with Gasteiger partial charge in [-0.15, -0.1) is 0 Å². The molecule has 4 nitrogen and oxygen atoms in total. The lowest BCUT2D eigenvalue weighted by molar-refractivity contribution is -0.118. The fourth-order valence-corrected chi connectivity index (χ4v) is 1.82. The fourth-order valence-electron chi connectivity index (χ4n) is 1.59. The standard InChI is InChI=1S/C13H12ClFN2O2/c1-2-8(18)6-13-16-12(17-19-13)7-9-10(14)4-3-5-11(9)15/h3-5H,2,6-7H2,1H3. The maximum Gasteiger partial charge on any atom is 0.234 e. The molecule has 100 valence electrons.